The molecule has 1 saturated heterocycles. The molecule has 0 spiro atoms. The molecule has 1 aliphatic heterocycles. The highest BCUT2D eigenvalue weighted by Crippen LogP contribution is 2.21. The number of hydrogen-bond acceptors (Lipinski definition) is 4. The van der Waals surface area contributed by atoms with E-state index in [2.05, 4.69) is 10.6 Å². The summed E-state index contributed by atoms with van der Waals surface area (Å²) in [5.41, 5.74) is 2.61. The predicted octanol–water partition coefficient (Wildman–Crippen LogP) is 3.29. The van der Waals surface area contributed by atoms with Crippen LogP contribution < -0.4 is 10.6 Å². The van der Waals surface area contributed by atoms with E-state index >= 15 is 0 Å². The standard InChI is InChI=1S/C21H27N3O4S/c1-3-20(17-9-7-16(2)8-10-17)23-21(25)22-18-5-4-6-19(15-18)29(26,27)24-11-13-28-14-12-24/h4-10,15,20H,3,11-14H2,1-2H3,(H2,22,23,25). The van der Waals surface area contributed by atoms with Gasteiger partial charge in [-0.2, -0.15) is 4.31 Å². The van der Waals surface area contributed by atoms with Crippen LogP contribution in [-0.4, -0.2) is 45.1 Å². The zero-order chi connectivity index (χ0) is 20.9. The van der Waals surface area contributed by atoms with Gasteiger partial charge in [-0.15, -0.1) is 0 Å². The van der Waals surface area contributed by atoms with E-state index in [1.807, 2.05) is 38.1 Å². The third-order valence-corrected chi connectivity index (χ3v) is 6.79. The molecule has 2 aromatic carbocycles. The van der Waals surface area contributed by atoms with Gasteiger partial charge < -0.3 is 15.4 Å². The van der Waals surface area contributed by atoms with Crippen LogP contribution in [0.1, 0.15) is 30.5 Å². The number of nitrogens with zero attached hydrogens (tertiary/aromatic N) is 1. The van der Waals surface area contributed by atoms with Crippen LogP contribution in [0, 0.1) is 6.92 Å². The van der Waals surface area contributed by atoms with E-state index in [1.165, 1.54) is 16.4 Å². The van der Waals surface area contributed by atoms with Gasteiger partial charge >= 0.3 is 6.03 Å². The molecule has 1 unspecified atom stereocenters. The number of benzene rings is 2. The van der Waals surface area contributed by atoms with Crippen molar-refractivity contribution in [3.8, 4) is 0 Å². The third-order valence-electron chi connectivity index (χ3n) is 4.89. The summed E-state index contributed by atoms with van der Waals surface area (Å²) in [4.78, 5) is 12.6. The second kappa shape index (κ2) is 9.39. The summed E-state index contributed by atoms with van der Waals surface area (Å²) < 4.78 is 32.2. The van der Waals surface area contributed by atoms with E-state index in [0.29, 0.717) is 32.0 Å². The van der Waals surface area contributed by atoms with Gasteiger partial charge in [0.25, 0.3) is 0 Å². The molecular formula is C21H27N3O4S. The van der Waals surface area contributed by atoms with E-state index in [1.54, 1.807) is 12.1 Å². The minimum atomic E-state index is -3.61. The Kier molecular flexibility index (Phi) is 6.89. The van der Waals surface area contributed by atoms with Crippen molar-refractivity contribution in [3.05, 3.63) is 59.7 Å². The fourth-order valence-corrected chi connectivity index (χ4v) is 4.67. The van der Waals surface area contributed by atoms with Crippen molar-refractivity contribution in [3.63, 3.8) is 0 Å². The van der Waals surface area contributed by atoms with Crippen LogP contribution in [0.2, 0.25) is 0 Å². The van der Waals surface area contributed by atoms with Crippen molar-refractivity contribution in [1.29, 1.82) is 0 Å². The number of hydrogen-bond donors (Lipinski definition) is 2. The van der Waals surface area contributed by atoms with Crippen LogP contribution in [0.5, 0.6) is 0 Å². The molecule has 0 saturated carbocycles. The topological polar surface area (TPSA) is 87.7 Å². The smallest absolute Gasteiger partial charge is 0.319 e. The van der Waals surface area contributed by atoms with Crippen molar-refractivity contribution in [2.75, 3.05) is 31.6 Å². The van der Waals surface area contributed by atoms with Crippen LogP contribution in [0.15, 0.2) is 53.4 Å². The summed E-state index contributed by atoms with van der Waals surface area (Å²) in [5.74, 6) is 0. The summed E-state index contributed by atoms with van der Waals surface area (Å²) in [6, 6.07) is 13.8. The quantitative estimate of drug-likeness (QED) is 0.755. The first-order valence-electron chi connectivity index (χ1n) is 9.72. The Hall–Kier alpha value is -2.42. The Labute approximate surface area is 172 Å². The third kappa shape index (κ3) is 5.35. The van der Waals surface area contributed by atoms with E-state index in [9.17, 15) is 13.2 Å². The zero-order valence-electron chi connectivity index (χ0n) is 16.7. The Bertz CT molecular complexity index is 939. The van der Waals surface area contributed by atoms with E-state index in [0.717, 1.165) is 17.5 Å². The van der Waals surface area contributed by atoms with E-state index < -0.39 is 10.0 Å². The van der Waals surface area contributed by atoms with Gasteiger partial charge in [0, 0.05) is 18.8 Å². The van der Waals surface area contributed by atoms with Crippen molar-refractivity contribution in [1.82, 2.24) is 9.62 Å². The summed E-state index contributed by atoms with van der Waals surface area (Å²) in [6.07, 6.45) is 0.738. The molecule has 2 N–H and O–H groups in total. The first-order chi connectivity index (χ1) is 13.9. The maximum Gasteiger partial charge on any atom is 0.319 e. The molecule has 1 fully saturated rings. The second-order valence-electron chi connectivity index (χ2n) is 7.01. The van der Waals surface area contributed by atoms with Crippen molar-refractivity contribution >= 4 is 21.7 Å². The number of carbonyl (C=O) groups is 1. The number of morpholine rings is 1. The van der Waals surface area contributed by atoms with Gasteiger partial charge in [0.1, 0.15) is 0 Å². The molecule has 0 aromatic heterocycles. The fourth-order valence-electron chi connectivity index (χ4n) is 3.22. The molecule has 1 aliphatic rings. The molecule has 0 bridgehead atoms. The minimum Gasteiger partial charge on any atom is -0.379 e. The highest BCUT2D eigenvalue weighted by Gasteiger charge is 2.26. The van der Waals surface area contributed by atoms with Gasteiger partial charge in [-0.25, -0.2) is 13.2 Å². The fraction of sp³-hybridized carbons (Fsp3) is 0.381. The number of anilines is 1. The molecule has 2 aromatic rings. The van der Waals surface area contributed by atoms with Crippen molar-refractivity contribution < 1.29 is 17.9 Å². The Morgan fingerprint density at radius 2 is 1.83 bits per heavy atom. The summed E-state index contributed by atoms with van der Waals surface area (Å²) in [6.45, 7) is 5.45. The maximum atomic E-state index is 12.8. The molecule has 1 heterocycles. The molecule has 0 radical (unpaired) electrons. The second-order valence-corrected chi connectivity index (χ2v) is 8.95. The first kappa shape index (κ1) is 21.3. The van der Waals surface area contributed by atoms with E-state index in [-0.39, 0.29) is 17.0 Å². The van der Waals surface area contributed by atoms with Gasteiger partial charge in [0.05, 0.1) is 24.2 Å². The van der Waals surface area contributed by atoms with Crippen LogP contribution >= 0.6 is 0 Å². The van der Waals surface area contributed by atoms with Crippen LogP contribution in [-0.2, 0) is 14.8 Å². The number of sulfonamides is 1. The lowest BCUT2D eigenvalue weighted by Crippen LogP contribution is -2.40. The molecule has 7 nitrogen and oxygen atoms in total. The van der Waals surface area contributed by atoms with Crippen LogP contribution in [0.4, 0.5) is 10.5 Å². The van der Waals surface area contributed by atoms with Gasteiger partial charge in [-0.3, -0.25) is 0 Å². The summed E-state index contributed by atoms with van der Waals surface area (Å²) in [5, 5.41) is 5.69. The Balaban J connectivity index is 1.69. The van der Waals surface area contributed by atoms with Crippen molar-refractivity contribution in [2.45, 2.75) is 31.2 Å². The summed E-state index contributed by atoms with van der Waals surface area (Å²) in [7, 11) is -3.61. The predicted molar refractivity (Wildman–Crippen MR) is 112 cm³/mol. The Morgan fingerprint density at radius 1 is 1.14 bits per heavy atom. The Morgan fingerprint density at radius 3 is 2.48 bits per heavy atom. The number of nitrogens with one attached hydrogen (secondary N) is 2. The number of amides is 2. The monoisotopic (exact) mass is 417 g/mol. The van der Waals surface area contributed by atoms with Gasteiger partial charge in [-0.1, -0.05) is 42.8 Å². The number of ether oxygens (including phenoxy) is 1. The largest absolute Gasteiger partial charge is 0.379 e. The summed E-state index contributed by atoms with van der Waals surface area (Å²) >= 11 is 0. The molecular weight excluding hydrogens is 390 g/mol. The van der Waals surface area contributed by atoms with Crippen LogP contribution in [0.25, 0.3) is 0 Å². The molecule has 0 aliphatic carbocycles. The highest BCUT2D eigenvalue weighted by molar-refractivity contribution is 7.89. The van der Waals surface area contributed by atoms with Gasteiger partial charge in [0.2, 0.25) is 10.0 Å². The molecule has 29 heavy (non-hydrogen) atoms. The molecule has 8 heteroatoms. The number of aryl methyl sites for hydroxylation is 1. The highest BCUT2D eigenvalue weighted by atomic mass is 32.2. The van der Waals surface area contributed by atoms with Crippen LogP contribution in [0.3, 0.4) is 0 Å². The average molecular weight is 418 g/mol. The SMILES string of the molecule is CCC(NC(=O)Nc1cccc(S(=O)(=O)N2CCOCC2)c1)c1ccc(C)cc1. The lowest BCUT2D eigenvalue weighted by Gasteiger charge is -2.26. The molecule has 156 valence electrons. The van der Waals surface area contributed by atoms with E-state index in [4.69, 9.17) is 4.74 Å². The normalized spacial score (nSPS) is 16.2. The molecule has 1 atom stereocenters. The lowest BCUT2D eigenvalue weighted by molar-refractivity contribution is 0.0730. The first-order valence-corrected chi connectivity index (χ1v) is 11.2. The number of urea groups is 1. The van der Waals surface area contributed by atoms with Crippen molar-refractivity contribution in [2.24, 2.45) is 0 Å². The number of carbonyl (C=O) groups excluding carboxylic acids is 1. The lowest BCUT2D eigenvalue weighted by atomic mass is 10.0. The molecule has 3 rings (SSSR count). The number of rotatable bonds is 6. The molecule has 2 amide bonds. The zero-order valence-corrected chi connectivity index (χ0v) is 17.5. The van der Waals surface area contributed by atoms with Gasteiger partial charge in [0.15, 0.2) is 0 Å². The van der Waals surface area contributed by atoms with Gasteiger partial charge in [-0.05, 0) is 37.1 Å². The average Bonchev–Trinajstić information content (AvgIpc) is 2.73. The minimum absolute atomic E-state index is 0.129. The maximum absolute atomic E-state index is 12.8.